The number of halogens is 1. The van der Waals surface area contributed by atoms with Gasteiger partial charge in [0.2, 0.25) is 0 Å². The van der Waals surface area contributed by atoms with Crippen LogP contribution in [0.4, 0.5) is 4.39 Å². The van der Waals surface area contributed by atoms with Crippen molar-refractivity contribution in [3.63, 3.8) is 0 Å². The number of likely N-dealkylation sites (tertiary alicyclic amines) is 1. The molecule has 0 aromatic heterocycles. The number of nitrogens with one attached hydrogen (secondary N) is 1. The highest BCUT2D eigenvalue weighted by Gasteiger charge is 2.33. The van der Waals surface area contributed by atoms with Crippen molar-refractivity contribution in [2.24, 2.45) is 5.92 Å². The quantitative estimate of drug-likeness (QED) is 0.864. The van der Waals surface area contributed by atoms with Gasteiger partial charge in [0.15, 0.2) is 0 Å². The van der Waals surface area contributed by atoms with Gasteiger partial charge in [-0.15, -0.1) is 0 Å². The third-order valence-corrected chi connectivity index (χ3v) is 4.38. The molecule has 1 aromatic carbocycles. The van der Waals surface area contributed by atoms with Gasteiger partial charge in [0.25, 0.3) is 0 Å². The van der Waals surface area contributed by atoms with E-state index >= 15 is 0 Å². The molecule has 0 bridgehead atoms. The van der Waals surface area contributed by atoms with Crippen molar-refractivity contribution in [1.29, 1.82) is 0 Å². The average Bonchev–Trinajstić information content (AvgIpc) is 2.76. The van der Waals surface area contributed by atoms with Crippen LogP contribution in [-0.4, -0.2) is 30.6 Å². The predicted molar refractivity (Wildman–Crippen MR) is 70.9 cm³/mol. The average molecular weight is 248 g/mol. The lowest BCUT2D eigenvalue weighted by molar-refractivity contribution is 0.311. The minimum Gasteiger partial charge on any atom is -0.312 e. The van der Waals surface area contributed by atoms with E-state index in [4.69, 9.17) is 0 Å². The largest absolute Gasteiger partial charge is 0.312 e. The van der Waals surface area contributed by atoms with Crippen LogP contribution in [0.25, 0.3) is 0 Å². The Hall–Kier alpha value is -0.930. The normalized spacial score (nSPS) is 28.3. The molecule has 0 saturated carbocycles. The smallest absolute Gasteiger partial charge is 0.123 e. The molecule has 2 aliphatic rings. The Morgan fingerprint density at radius 1 is 1.39 bits per heavy atom. The topological polar surface area (TPSA) is 15.3 Å². The first kappa shape index (κ1) is 12.1. The van der Waals surface area contributed by atoms with E-state index in [1.165, 1.54) is 18.4 Å². The summed E-state index contributed by atoms with van der Waals surface area (Å²) in [5.41, 5.74) is 2.33. The molecule has 3 heteroatoms. The van der Waals surface area contributed by atoms with Gasteiger partial charge in [-0.25, -0.2) is 4.39 Å². The first-order valence-electron chi connectivity index (χ1n) is 6.93. The van der Waals surface area contributed by atoms with E-state index in [1.54, 1.807) is 12.1 Å². The van der Waals surface area contributed by atoms with Crippen molar-refractivity contribution in [3.8, 4) is 0 Å². The fraction of sp³-hybridized carbons (Fsp3) is 0.600. The van der Waals surface area contributed by atoms with Crippen LogP contribution in [-0.2, 0) is 6.54 Å². The summed E-state index contributed by atoms with van der Waals surface area (Å²) in [6.07, 6.45) is 2.64. The van der Waals surface area contributed by atoms with Crippen LogP contribution < -0.4 is 5.32 Å². The lowest BCUT2D eigenvalue weighted by Crippen LogP contribution is -2.40. The van der Waals surface area contributed by atoms with Crippen LogP contribution in [0.5, 0.6) is 0 Å². The van der Waals surface area contributed by atoms with Gasteiger partial charge in [-0.3, -0.25) is 4.90 Å². The highest BCUT2D eigenvalue weighted by Crippen LogP contribution is 2.26. The first-order valence-corrected chi connectivity index (χ1v) is 6.93. The molecule has 0 aliphatic carbocycles. The lowest BCUT2D eigenvalue weighted by atomic mass is 9.94. The van der Waals surface area contributed by atoms with Gasteiger partial charge >= 0.3 is 0 Å². The summed E-state index contributed by atoms with van der Waals surface area (Å²) >= 11 is 0. The number of rotatable bonds is 2. The second-order valence-electron chi connectivity index (χ2n) is 5.73. The number of hydrogen-bond donors (Lipinski definition) is 1. The van der Waals surface area contributed by atoms with Gasteiger partial charge < -0.3 is 5.32 Å². The Morgan fingerprint density at radius 2 is 2.28 bits per heavy atom. The standard InChI is InChI=1S/C15H21FN2/c1-11-4-5-14(16)7-13(11)9-18-8-12-3-2-6-17-15(12)10-18/h4-5,7,12,15,17H,2-3,6,8-10H2,1H3. The highest BCUT2D eigenvalue weighted by molar-refractivity contribution is 5.26. The number of hydrogen-bond acceptors (Lipinski definition) is 2. The molecule has 3 rings (SSSR count). The third-order valence-electron chi connectivity index (χ3n) is 4.38. The van der Waals surface area contributed by atoms with Crippen LogP contribution in [0.2, 0.25) is 0 Å². The molecule has 2 fully saturated rings. The van der Waals surface area contributed by atoms with Crippen molar-refractivity contribution >= 4 is 0 Å². The number of fused-ring (bicyclic) bond motifs is 1. The van der Waals surface area contributed by atoms with Gasteiger partial charge in [-0.1, -0.05) is 6.07 Å². The molecular formula is C15H21FN2. The van der Waals surface area contributed by atoms with Crippen molar-refractivity contribution in [2.75, 3.05) is 19.6 Å². The maximum absolute atomic E-state index is 13.3. The SMILES string of the molecule is Cc1ccc(F)cc1CN1CC2CCCNC2C1. The minimum absolute atomic E-state index is 0.120. The van der Waals surface area contributed by atoms with E-state index in [0.29, 0.717) is 6.04 Å². The van der Waals surface area contributed by atoms with Crippen LogP contribution >= 0.6 is 0 Å². The zero-order valence-electron chi connectivity index (χ0n) is 11.0. The Kier molecular flexibility index (Phi) is 3.35. The van der Waals surface area contributed by atoms with E-state index in [2.05, 4.69) is 17.1 Å². The van der Waals surface area contributed by atoms with E-state index in [1.807, 2.05) is 6.07 Å². The second-order valence-corrected chi connectivity index (χ2v) is 5.73. The Morgan fingerprint density at radius 3 is 3.11 bits per heavy atom. The van der Waals surface area contributed by atoms with Gasteiger partial charge in [0.05, 0.1) is 0 Å². The van der Waals surface area contributed by atoms with Gasteiger partial charge in [-0.2, -0.15) is 0 Å². The van der Waals surface area contributed by atoms with E-state index in [0.717, 1.165) is 37.7 Å². The molecule has 0 radical (unpaired) electrons. The molecule has 1 aromatic rings. The fourth-order valence-corrected chi connectivity index (χ4v) is 3.32. The van der Waals surface area contributed by atoms with Crippen LogP contribution in [0.1, 0.15) is 24.0 Å². The molecule has 0 spiro atoms. The highest BCUT2D eigenvalue weighted by atomic mass is 19.1. The molecular weight excluding hydrogens is 227 g/mol. The summed E-state index contributed by atoms with van der Waals surface area (Å²) in [5.74, 6) is 0.679. The zero-order chi connectivity index (χ0) is 12.5. The number of piperidine rings is 1. The fourth-order valence-electron chi connectivity index (χ4n) is 3.32. The Balaban J connectivity index is 1.68. The summed E-state index contributed by atoms with van der Waals surface area (Å²) < 4.78 is 13.3. The van der Waals surface area contributed by atoms with Crippen LogP contribution in [0.3, 0.4) is 0 Å². The van der Waals surface area contributed by atoms with Crippen LogP contribution in [0.15, 0.2) is 18.2 Å². The molecule has 18 heavy (non-hydrogen) atoms. The number of nitrogens with zero attached hydrogens (tertiary/aromatic N) is 1. The maximum Gasteiger partial charge on any atom is 0.123 e. The van der Waals surface area contributed by atoms with E-state index in [9.17, 15) is 4.39 Å². The van der Waals surface area contributed by atoms with E-state index < -0.39 is 0 Å². The second kappa shape index (κ2) is 4.98. The Bertz CT molecular complexity index is 419. The maximum atomic E-state index is 13.3. The van der Waals surface area contributed by atoms with Gasteiger partial charge in [0.1, 0.15) is 5.82 Å². The predicted octanol–water partition coefficient (Wildman–Crippen LogP) is 2.32. The molecule has 2 atom stereocenters. The molecule has 0 amide bonds. The molecule has 2 unspecified atom stereocenters. The van der Waals surface area contributed by atoms with Crippen LogP contribution in [0, 0.1) is 18.7 Å². The molecule has 2 heterocycles. The number of aryl methyl sites for hydroxylation is 1. The van der Waals surface area contributed by atoms with E-state index in [-0.39, 0.29) is 5.82 Å². The molecule has 2 saturated heterocycles. The zero-order valence-corrected chi connectivity index (χ0v) is 11.0. The van der Waals surface area contributed by atoms with Crippen molar-refractivity contribution in [1.82, 2.24) is 10.2 Å². The van der Waals surface area contributed by atoms with Crippen molar-refractivity contribution < 1.29 is 4.39 Å². The molecule has 98 valence electrons. The summed E-state index contributed by atoms with van der Waals surface area (Å²) in [6.45, 7) is 6.39. The first-order chi connectivity index (χ1) is 8.72. The monoisotopic (exact) mass is 248 g/mol. The van der Waals surface area contributed by atoms with Gasteiger partial charge in [0, 0.05) is 25.7 Å². The lowest BCUT2D eigenvalue weighted by Gasteiger charge is -2.24. The molecule has 2 nitrogen and oxygen atoms in total. The van der Waals surface area contributed by atoms with Crippen molar-refractivity contribution in [2.45, 2.75) is 32.4 Å². The minimum atomic E-state index is -0.120. The molecule has 1 N–H and O–H groups in total. The summed E-state index contributed by atoms with van der Waals surface area (Å²) in [7, 11) is 0. The summed E-state index contributed by atoms with van der Waals surface area (Å²) in [4.78, 5) is 2.47. The van der Waals surface area contributed by atoms with Crippen molar-refractivity contribution in [3.05, 3.63) is 35.1 Å². The number of benzene rings is 1. The summed E-state index contributed by atoms with van der Waals surface area (Å²) in [5, 5.41) is 3.61. The van der Waals surface area contributed by atoms with Gasteiger partial charge in [-0.05, 0) is 55.5 Å². The Labute approximate surface area is 108 Å². The third kappa shape index (κ3) is 2.43. The summed E-state index contributed by atoms with van der Waals surface area (Å²) in [6, 6.07) is 5.77. The molecule has 2 aliphatic heterocycles.